The fourth-order valence-electron chi connectivity index (χ4n) is 1.35. The number of halogens is 1. The molecule has 0 aliphatic rings. The average molecular weight is 254 g/mol. The van der Waals surface area contributed by atoms with E-state index in [4.69, 9.17) is 22.1 Å². The van der Waals surface area contributed by atoms with Gasteiger partial charge in [0.25, 0.3) is 0 Å². The Balaban J connectivity index is 1.90. The van der Waals surface area contributed by atoms with Crippen molar-refractivity contribution in [2.45, 2.75) is 13.2 Å². The Hall–Kier alpha value is -1.03. The second kappa shape index (κ2) is 5.34. The summed E-state index contributed by atoms with van der Waals surface area (Å²) in [5.41, 5.74) is 7.47. The zero-order valence-corrected chi connectivity index (χ0v) is 10.2. The third-order valence-corrected chi connectivity index (χ3v) is 3.27. The first-order chi connectivity index (χ1) is 7.75. The Morgan fingerprint density at radius 2 is 2.12 bits per heavy atom. The first-order valence-electron chi connectivity index (χ1n) is 4.90. The number of anilines is 1. The molecule has 2 rings (SSSR count). The maximum atomic E-state index is 5.82. The number of rotatable bonds is 4. The molecule has 1 heterocycles. The van der Waals surface area contributed by atoms with Crippen molar-refractivity contribution < 1.29 is 4.74 Å². The van der Waals surface area contributed by atoms with Crippen LogP contribution in [0.3, 0.4) is 0 Å². The molecule has 0 spiro atoms. The molecular formula is C12H12ClNOS. The average Bonchev–Trinajstić information content (AvgIpc) is 2.74. The van der Waals surface area contributed by atoms with Crippen LogP contribution in [-0.2, 0) is 18.0 Å². The fraction of sp³-hybridized carbons (Fsp3) is 0.167. The number of benzene rings is 1. The van der Waals surface area contributed by atoms with Crippen LogP contribution in [0, 0.1) is 0 Å². The van der Waals surface area contributed by atoms with Crippen LogP contribution in [0.1, 0.15) is 10.4 Å². The van der Waals surface area contributed by atoms with Crippen LogP contribution in [0.15, 0.2) is 35.7 Å². The third kappa shape index (κ3) is 2.98. The highest BCUT2D eigenvalue weighted by molar-refractivity contribution is 7.09. The number of hydrogen-bond acceptors (Lipinski definition) is 3. The lowest BCUT2D eigenvalue weighted by molar-refractivity contribution is 0.109. The van der Waals surface area contributed by atoms with E-state index in [9.17, 15) is 0 Å². The van der Waals surface area contributed by atoms with Gasteiger partial charge in [-0.3, -0.25) is 0 Å². The van der Waals surface area contributed by atoms with Crippen LogP contribution in [0.4, 0.5) is 5.69 Å². The van der Waals surface area contributed by atoms with Gasteiger partial charge in [0, 0.05) is 21.2 Å². The molecule has 0 unspecified atom stereocenters. The van der Waals surface area contributed by atoms with Gasteiger partial charge in [-0.25, -0.2) is 0 Å². The van der Waals surface area contributed by atoms with Crippen molar-refractivity contribution in [1.29, 1.82) is 0 Å². The van der Waals surface area contributed by atoms with Crippen molar-refractivity contribution in [2.24, 2.45) is 0 Å². The van der Waals surface area contributed by atoms with Gasteiger partial charge in [-0.05, 0) is 23.6 Å². The molecule has 84 valence electrons. The van der Waals surface area contributed by atoms with Crippen molar-refractivity contribution in [3.8, 4) is 0 Å². The highest BCUT2D eigenvalue weighted by atomic mass is 35.5. The topological polar surface area (TPSA) is 35.2 Å². The number of ether oxygens (including phenoxy) is 1. The Labute approximate surface area is 104 Å². The van der Waals surface area contributed by atoms with Crippen molar-refractivity contribution >= 4 is 28.6 Å². The summed E-state index contributed by atoms with van der Waals surface area (Å²) < 4.78 is 5.57. The monoisotopic (exact) mass is 253 g/mol. The standard InChI is InChI=1S/C12H12ClNOS/c13-10-4-3-9(12(14)6-10)7-15-8-11-2-1-5-16-11/h1-6H,7-8,14H2. The van der Waals surface area contributed by atoms with Crippen molar-refractivity contribution in [1.82, 2.24) is 0 Å². The van der Waals surface area contributed by atoms with Crippen LogP contribution in [0.5, 0.6) is 0 Å². The van der Waals surface area contributed by atoms with Crippen LogP contribution >= 0.6 is 22.9 Å². The van der Waals surface area contributed by atoms with Gasteiger partial charge >= 0.3 is 0 Å². The molecule has 0 atom stereocenters. The molecule has 16 heavy (non-hydrogen) atoms. The highest BCUT2D eigenvalue weighted by Gasteiger charge is 2.01. The summed E-state index contributed by atoms with van der Waals surface area (Å²) in [6.07, 6.45) is 0. The van der Waals surface area contributed by atoms with E-state index in [1.807, 2.05) is 23.6 Å². The fourth-order valence-corrected chi connectivity index (χ4v) is 2.17. The van der Waals surface area contributed by atoms with Gasteiger partial charge in [0.1, 0.15) is 0 Å². The molecule has 0 aliphatic carbocycles. The molecule has 2 N–H and O–H groups in total. The zero-order valence-electron chi connectivity index (χ0n) is 8.65. The molecule has 0 bridgehead atoms. The molecule has 0 fully saturated rings. The zero-order chi connectivity index (χ0) is 11.4. The van der Waals surface area contributed by atoms with Gasteiger partial charge in [0.15, 0.2) is 0 Å². The predicted molar refractivity (Wildman–Crippen MR) is 68.7 cm³/mol. The van der Waals surface area contributed by atoms with Gasteiger partial charge in [-0.15, -0.1) is 11.3 Å². The van der Waals surface area contributed by atoms with E-state index in [2.05, 4.69) is 6.07 Å². The summed E-state index contributed by atoms with van der Waals surface area (Å²) in [5, 5.41) is 2.69. The summed E-state index contributed by atoms with van der Waals surface area (Å²) in [5.74, 6) is 0. The molecule has 1 aromatic heterocycles. The number of thiophene rings is 1. The van der Waals surface area contributed by atoms with Crippen molar-refractivity contribution in [3.05, 3.63) is 51.2 Å². The van der Waals surface area contributed by atoms with E-state index in [0.29, 0.717) is 23.9 Å². The Morgan fingerprint density at radius 3 is 2.81 bits per heavy atom. The summed E-state index contributed by atoms with van der Waals surface area (Å²) in [4.78, 5) is 1.22. The number of nitrogens with two attached hydrogens (primary N) is 1. The Morgan fingerprint density at radius 1 is 1.25 bits per heavy atom. The molecule has 2 nitrogen and oxygen atoms in total. The second-order valence-electron chi connectivity index (χ2n) is 3.42. The quantitative estimate of drug-likeness (QED) is 0.844. The Bertz CT molecular complexity index is 456. The smallest absolute Gasteiger partial charge is 0.0813 e. The van der Waals surface area contributed by atoms with Gasteiger partial charge < -0.3 is 10.5 Å². The summed E-state index contributed by atoms with van der Waals surface area (Å²) >= 11 is 7.50. The molecular weight excluding hydrogens is 242 g/mol. The van der Waals surface area contributed by atoms with Gasteiger partial charge in [0.05, 0.1) is 13.2 Å². The first kappa shape index (κ1) is 11.5. The number of hydrogen-bond donors (Lipinski definition) is 1. The molecule has 0 radical (unpaired) electrons. The predicted octanol–water partition coefficient (Wildman–Crippen LogP) is 3.70. The van der Waals surface area contributed by atoms with E-state index in [1.165, 1.54) is 4.88 Å². The van der Waals surface area contributed by atoms with Gasteiger partial charge in [-0.2, -0.15) is 0 Å². The second-order valence-corrected chi connectivity index (χ2v) is 4.88. The largest absolute Gasteiger partial charge is 0.398 e. The number of nitrogen functional groups attached to an aromatic ring is 1. The first-order valence-corrected chi connectivity index (χ1v) is 6.15. The normalized spacial score (nSPS) is 10.6. The van der Waals surface area contributed by atoms with Gasteiger partial charge in [0.2, 0.25) is 0 Å². The van der Waals surface area contributed by atoms with E-state index in [0.717, 1.165) is 5.56 Å². The molecule has 1 aromatic carbocycles. The van der Waals surface area contributed by atoms with Crippen LogP contribution in [0.25, 0.3) is 0 Å². The van der Waals surface area contributed by atoms with Crippen LogP contribution < -0.4 is 5.73 Å². The summed E-state index contributed by atoms with van der Waals surface area (Å²) in [7, 11) is 0. The minimum absolute atomic E-state index is 0.515. The van der Waals surface area contributed by atoms with Crippen molar-refractivity contribution in [3.63, 3.8) is 0 Å². The molecule has 0 aliphatic heterocycles. The van der Waals surface area contributed by atoms with E-state index in [-0.39, 0.29) is 0 Å². The molecule has 0 saturated carbocycles. The van der Waals surface area contributed by atoms with E-state index < -0.39 is 0 Å². The van der Waals surface area contributed by atoms with Crippen LogP contribution in [0.2, 0.25) is 5.02 Å². The van der Waals surface area contributed by atoms with Crippen molar-refractivity contribution in [2.75, 3.05) is 5.73 Å². The SMILES string of the molecule is Nc1cc(Cl)ccc1COCc1cccs1. The highest BCUT2D eigenvalue weighted by Crippen LogP contribution is 2.19. The maximum Gasteiger partial charge on any atom is 0.0813 e. The molecule has 4 heteroatoms. The lowest BCUT2D eigenvalue weighted by Gasteiger charge is -2.06. The molecule has 0 amide bonds. The minimum Gasteiger partial charge on any atom is -0.398 e. The van der Waals surface area contributed by atoms with E-state index in [1.54, 1.807) is 17.4 Å². The lowest BCUT2D eigenvalue weighted by Crippen LogP contribution is -1.97. The summed E-state index contributed by atoms with van der Waals surface area (Å²) in [6, 6.07) is 9.52. The molecule has 2 aromatic rings. The Kier molecular flexibility index (Phi) is 3.83. The maximum absolute atomic E-state index is 5.82. The van der Waals surface area contributed by atoms with Crippen LogP contribution in [-0.4, -0.2) is 0 Å². The molecule has 0 saturated heterocycles. The minimum atomic E-state index is 0.515. The van der Waals surface area contributed by atoms with Gasteiger partial charge in [-0.1, -0.05) is 23.7 Å². The summed E-state index contributed by atoms with van der Waals surface area (Å²) in [6.45, 7) is 1.14. The lowest BCUT2D eigenvalue weighted by atomic mass is 10.2. The van der Waals surface area contributed by atoms with E-state index >= 15 is 0 Å². The third-order valence-electron chi connectivity index (χ3n) is 2.19.